The molecule has 4 aliphatic carbocycles. The van der Waals surface area contributed by atoms with Gasteiger partial charge >= 0.3 is 0 Å². The second kappa shape index (κ2) is 5.27. The van der Waals surface area contributed by atoms with Crippen LogP contribution in [0.2, 0.25) is 0 Å². The molecule has 0 spiro atoms. The zero-order valence-electron chi connectivity index (χ0n) is 15.5. The topological polar surface area (TPSA) is 20.2 Å². The molecule has 0 aromatic rings. The van der Waals surface area contributed by atoms with Crippen molar-refractivity contribution in [2.75, 3.05) is 0 Å². The summed E-state index contributed by atoms with van der Waals surface area (Å²) in [7, 11) is 0. The summed E-state index contributed by atoms with van der Waals surface area (Å²) in [4.78, 5) is 0. The average Bonchev–Trinajstić information content (AvgIpc) is 2.79. The second-order valence-corrected chi connectivity index (χ2v) is 10.1. The molecule has 4 rings (SSSR count). The molecule has 7 atom stereocenters. The maximum absolute atomic E-state index is 9.44. The maximum atomic E-state index is 9.44. The molecule has 23 heavy (non-hydrogen) atoms. The molecule has 1 nitrogen and oxygen atoms in total. The van der Waals surface area contributed by atoms with E-state index in [4.69, 9.17) is 0 Å². The zero-order valence-corrected chi connectivity index (χ0v) is 15.5. The summed E-state index contributed by atoms with van der Waals surface area (Å²) >= 11 is 0. The van der Waals surface area contributed by atoms with E-state index in [1.165, 1.54) is 70.5 Å². The summed E-state index contributed by atoms with van der Waals surface area (Å²) in [6.45, 7) is 7.63. The molecule has 4 aliphatic rings. The minimum atomic E-state index is 0.210. The van der Waals surface area contributed by atoms with Crippen LogP contribution >= 0.6 is 0 Å². The molecule has 0 aromatic heterocycles. The van der Waals surface area contributed by atoms with Crippen molar-refractivity contribution in [1.29, 1.82) is 0 Å². The number of aliphatic hydroxyl groups excluding tert-OH is 1. The molecule has 0 bridgehead atoms. The van der Waals surface area contributed by atoms with Gasteiger partial charge in [-0.1, -0.05) is 33.6 Å². The van der Waals surface area contributed by atoms with Crippen LogP contribution < -0.4 is 0 Å². The normalized spacial score (nSPS) is 56.1. The van der Waals surface area contributed by atoms with E-state index in [2.05, 4.69) is 26.8 Å². The molecule has 4 saturated carbocycles. The summed E-state index contributed by atoms with van der Waals surface area (Å²) in [6, 6.07) is 0. The monoisotopic (exact) mass is 316 g/mol. The van der Waals surface area contributed by atoms with Crippen molar-refractivity contribution in [2.24, 2.45) is 39.9 Å². The Labute approximate surface area is 142 Å². The largest absolute Gasteiger partial charge is 0.516 e. The molecule has 1 N–H and O–H groups in total. The van der Waals surface area contributed by atoms with E-state index in [9.17, 15) is 5.11 Å². The molecule has 4 fully saturated rings. The van der Waals surface area contributed by atoms with Crippen LogP contribution in [0.25, 0.3) is 0 Å². The van der Waals surface area contributed by atoms with E-state index in [-0.39, 0.29) is 5.41 Å². The average molecular weight is 317 g/mol. The molecular weight excluding hydrogens is 280 g/mol. The number of hydrogen-bond donors (Lipinski definition) is 1. The first-order valence-corrected chi connectivity index (χ1v) is 10.3. The van der Waals surface area contributed by atoms with E-state index in [1.807, 2.05) is 0 Å². The van der Waals surface area contributed by atoms with Crippen LogP contribution in [0.4, 0.5) is 0 Å². The third kappa shape index (κ3) is 2.04. The molecule has 1 heteroatoms. The predicted molar refractivity (Wildman–Crippen MR) is 96.2 cm³/mol. The van der Waals surface area contributed by atoms with Gasteiger partial charge in [-0.05, 0) is 97.4 Å². The van der Waals surface area contributed by atoms with Crippen LogP contribution in [-0.2, 0) is 0 Å². The number of fused-ring (bicyclic) bond motifs is 5. The van der Waals surface area contributed by atoms with Crippen LogP contribution in [0.15, 0.2) is 12.3 Å². The molecule has 0 aromatic carbocycles. The van der Waals surface area contributed by atoms with E-state index in [0.29, 0.717) is 10.8 Å². The molecule has 0 amide bonds. The molecule has 0 saturated heterocycles. The lowest BCUT2D eigenvalue weighted by Crippen LogP contribution is -2.53. The highest BCUT2D eigenvalue weighted by molar-refractivity contribution is 5.16. The first-order valence-electron chi connectivity index (χ1n) is 10.3. The van der Waals surface area contributed by atoms with Gasteiger partial charge in [0.2, 0.25) is 0 Å². The molecular formula is C22H36O. The highest BCUT2D eigenvalue weighted by Crippen LogP contribution is 2.70. The van der Waals surface area contributed by atoms with E-state index in [1.54, 1.807) is 0 Å². The highest BCUT2D eigenvalue weighted by Gasteiger charge is 2.62. The number of rotatable bonds is 1. The van der Waals surface area contributed by atoms with Crippen molar-refractivity contribution in [3.63, 3.8) is 0 Å². The van der Waals surface area contributed by atoms with Crippen molar-refractivity contribution in [1.82, 2.24) is 0 Å². The maximum Gasteiger partial charge on any atom is 0.0757 e. The number of allylic oxidation sites excluding steroid dienone is 1. The van der Waals surface area contributed by atoms with Crippen molar-refractivity contribution in [2.45, 2.75) is 85.0 Å². The summed E-state index contributed by atoms with van der Waals surface area (Å²) in [5.74, 6) is 3.86. The molecule has 0 heterocycles. The van der Waals surface area contributed by atoms with Gasteiger partial charge in [0, 0.05) is 0 Å². The Morgan fingerprint density at radius 2 is 1.61 bits per heavy atom. The van der Waals surface area contributed by atoms with Gasteiger partial charge in [0.25, 0.3) is 0 Å². The first kappa shape index (κ1) is 16.0. The Morgan fingerprint density at radius 3 is 2.39 bits per heavy atom. The van der Waals surface area contributed by atoms with E-state index < -0.39 is 0 Å². The van der Waals surface area contributed by atoms with E-state index in [0.717, 1.165) is 23.7 Å². The minimum Gasteiger partial charge on any atom is -0.516 e. The van der Waals surface area contributed by atoms with Crippen molar-refractivity contribution >= 4 is 0 Å². The fourth-order valence-electron chi connectivity index (χ4n) is 8.04. The van der Waals surface area contributed by atoms with Gasteiger partial charge in [0.1, 0.15) is 0 Å². The van der Waals surface area contributed by atoms with E-state index >= 15 is 0 Å². The van der Waals surface area contributed by atoms with Crippen LogP contribution in [0.5, 0.6) is 0 Å². The Balaban J connectivity index is 1.65. The van der Waals surface area contributed by atoms with Crippen molar-refractivity contribution < 1.29 is 5.11 Å². The van der Waals surface area contributed by atoms with Gasteiger partial charge in [-0.3, -0.25) is 0 Å². The van der Waals surface area contributed by atoms with Crippen molar-refractivity contribution in [3.8, 4) is 0 Å². The molecule has 0 aliphatic heterocycles. The lowest BCUT2D eigenvalue weighted by atomic mass is 9.44. The third-order valence-corrected chi connectivity index (χ3v) is 9.69. The Hall–Kier alpha value is -0.460. The third-order valence-electron chi connectivity index (χ3n) is 9.69. The fraction of sp³-hybridized carbons (Fsp3) is 0.909. The summed E-state index contributed by atoms with van der Waals surface area (Å²) in [5.41, 5.74) is 1.27. The SMILES string of the molecule is C[C@]12CCCCC1CC[C@@H]1[C@@H]2CC[C@@]2(C)[C@H]1CC[C@]2(C)C=CO. The first-order chi connectivity index (χ1) is 10.9. The number of hydrogen-bond acceptors (Lipinski definition) is 1. The lowest BCUT2D eigenvalue weighted by Gasteiger charge is -2.61. The molecule has 130 valence electrons. The van der Waals surface area contributed by atoms with Gasteiger partial charge in [-0.2, -0.15) is 0 Å². The van der Waals surface area contributed by atoms with Gasteiger partial charge in [0.05, 0.1) is 6.26 Å². The second-order valence-electron chi connectivity index (χ2n) is 10.1. The van der Waals surface area contributed by atoms with Gasteiger partial charge in [-0.15, -0.1) is 0 Å². The van der Waals surface area contributed by atoms with Crippen LogP contribution in [-0.4, -0.2) is 5.11 Å². The number of aliphatic hydroxyl groups is 1. The summed E-state index contributed by atoms with van der Waals surface area (Å²) in [5, 5.41) is 9.44. The zero-order chi connectivity index (χ0) is 16.3. The van der Waals surface area contributed by atoms with Crippen LogP contribution in [0.1, 0.15) is 85.0 Å². The Morgan fingerprint density at radius 1 is 0.826 bits per heavy atom. The van der Waals surface area contributed by atoms with Crippen LogP contribution in [0.3, 0.4) is 0 Å². The van der Waals surface area contributed by atoms with Gasteiger partial charge < -0.3 is 5.11 Å². The lowest BCUT2D eigenvalue weighted by molar-refractivity contribution is -0.117. The minimum absolute atomic E-state index is 0.210. The summed E-state index contributed by atoms with van der Waals surface area (Å²) < 4.78 is 0. The van der Waals surface area contributed by atoms with Gasteiger partial charge in [-0.25, -0.2) is 0 Å². The van der Waals surface area contributed by atoms with Gasteiger partial charge in [0.15, 0.2) is 0 Å². The van der Waals surface area contributed by atoms with Crippen LogP contribution in [0, 0.1) is 39.9 Å². The quantitative estimate of drug-likeness (QED) is 0.548. The van der Waals surface area contributed by atoms with Crippen molar-refractivity contribution in [3.05, 3.63) is 12.3 Å². The Bertz CT molecular complexity index is 496. The predicted octanol–water partition coefficient (Wildman–Crippen LogP) is 6.50. The summed E-state index contributed by atoms with van der Waals surface area (Å²) in [6.07, 6.45) is 17.9. The highest BCUT2D eigenvalue weighted by atomic mass is 16.2. The standard InChI is InChI=1S/C22H36O/c1-20(14-15-23)12-9-19-17-8-7-16-6-4-5-11-21(16,2)18(17)10-13-22(19,20)3/h14-19,23H,4-13H2,1-3H3/t16?,17-,18+,19+,20-,21+,22+/m1/s1. The Kier molecular flexibility index (Phi) is 3.67. The fourth-order valence-corrected chi connectivity index (χ4v) is 8.04. The molecule has 0 radical (unpaired) electrons. The smallest absolute Gasteiger partial charge is 0.0757 e. The molecule has 1 unspecified atom stereocenters.